The number of hydrogen-bond donors (Lipinski definition) is 2. The minimum Gasteiger partial charge on any atom is -0.450 e. The van der Waals surface area contributed by atoms with Crippen LogP contribution in [0.15, 0.2) is 0 Å². The van der Waals surface area contributed by atoms with Gasteiger partial charge in [0.25, 0.3) is 0 Å². The Labute approximate surface area is 142 Å². The van der Waals surface area contributed by atoms with Crippen molar-refractivity contribution in [1.82, 2.24) is 10.6 Å². The second-order valence-corrected chi connectivity index (χ2v) is 4.00. The summed E-state index contributed by atoms with van der Waals surface area (Å²) >= 11 is 0. The van der Waals surface area contributed by atoms with E-state index in [1.807, 2.05) is 0 Å². The van der Waals surface area contributed by atoms with E-state index in [9.17, 15) is 9.59 Å². The van der Waals surface area contributed by atoms with E-state index in [0.29, 0.717) is 39.5 Å². The lowest BCUT2D eigenvalue weighted by Crippen LogP contribution is -2.27. The zero-order chi connectivity index (χ0) is 17.9. The zero-order valence-electron chi connectivity index (χ0n) is 14.1. The maximum atomic E-state index is 10.9. The van der Waals surface area contributed by atoms with Crippen LogP contribution in [0.2, 0.25) is 0 Å². The number of alkyl carbamates (subject to hydrolysis) is 2. The molecule has 24 heavy (non-hydrogen) atoms. The van der Waals surface area contributed by atoms with Crippen molar-refractivity contribution in [3.8, 4) is 23.7 Å². The first kappa shape index (κ1) is 21.6. The van der Waals surface area contributed by atoms with Gasteiger partial charge in [-0.05, 0) is 25.7 Å². The Morgan fingerprint density at radius 2 is 1.21 bits per heavy atom. The van der Waals surface area contributed by atoms with Crippen molar-refractivity contribution in [2.24, 2.45) is 0 Å². The van der Waals surface area contributed by atoms with Gasteiger partial charge in [-0.2, -0.15) is 0 Å². The van der Waals surface area contributed by atoms with Crippen molar-refractivity contribution in [2.45, 2.75) is 13.8 Å². The van der Waals surface area contributed by atoms with Crippen LogP contribution in [0.1, 0.15) is 13.8 Å². The van der Waals surface area contributed by atoms with Gasteiger partial charge in [-0.1, -0.05) is 11.8 Å². The normalized spacial score (nSPS) is 8.92. The quantitative estimate of drug-likeness (QED) is 0.445. The Kier molecular flexibility index (Phi) is 15.2. The average Bonchev–Trinajstić information content (AvgIpc) is 2.55. The monoisotopic (exact) mass is 340 g/mol. The molecule has 0 saturated carbocycles. The van der Waals surface area contributed by atoms with Crippen LogP contribution in [-0.2, 0) is 18.9 Å². The lowest BCUT2D eigenvalue weighted by Gasteiger charge is -2.04. The molecular formula is C16H24N2O6. The van der Waals surface area contributed by atoms with Gasteiger partial charge in [0.1, 0.15) is 13.2 Å². The van der Waals surface area contributed by atoms with Gasteiger partial charge < -0.3 is 29.6 Å². The molecule has 0 aromatic heterocycles. The van der Waals surface area contributed by atoms with Gasteiger partial charge >= 0.3 is 12.2 Å². The molecule has 0 radical (unpaired) electrons. The highest BCUT2D eigenvalue weighted by Gasteiger charge is 1.97. The van der Waals surface area contributed by atoms with Crippen LogP contribution in [0.4, 0.5) is 9.59 Å². The SMILES string of the molecule is CCOC(=O)NCCOCC#CC#CCOCCNC(=O)OCC. The van der Waals surface area contributed by atoms with E-state index in [4.69, 9.17) is 9.47 Å². The molecule has 0 bridgehead atoms. The van der Waals surface area contributed by atoms with Crippen LogP contribution in [0.25, 0.3) is 0 Å². The molecule has 0 atom stereocenters. The fourth-order valence-electron chi connectivity index (χ4n) is 1.22. The largest absolute Gasteiger partial charge is 0.450 e. The molecule has 134 valence electrons. The standard InChI is InChI=1S/C16H24N2O6/c1-3-23-15(19)17-9-13-21-11-7-5-6-8-12-22-14-10-18-16(20)24-4-2/h3-4,9-14H2,1-2H3,(H,17,19)(H,18,20). The summed E-state index contributed by atoms with van der Waals surface area (Å²) in [4.78, 5) is 21.9. The van der Waals surface area contributed by atoms with E-state index in [0.717, 1.165) is 0 Å². The molecule has 0 aliphatic rings. The molecule has 0 aliphatic heterocycles. The minimum atomic E-state index is -0.462. The molecular weight excluding hydrogens is 316 g/mol. The molecule has 2 amide bonds. The van der Waals surface area contributed by atoms with Crippen molar-refractivity contribution in [1.29, 1.82) is 0 Å². The van der Waals surface area contributed by atoms with Crippen molar-refractivity contribution in [3.63, 3.8) is 0 Å². The molecule has 0 unspecified atom stereocenters. The summed E-state index contributed by atoms with van der Waals surface area (Å²) in [5, 5.41) is 5.04. The summed E-state index contributed by atoms with van der Waals surface area (Å²) in [5.74, 6) is 10.6. The first-order valence-electron chi connectivity index (χ1n) is 7.63. The van der Waals surface area contributed by atoms with Gasteiger partial charge in [-0.3, -0.25) is 0 Å². The second kappa shape index (κ2) is 16.9. The first-order valence-corrected chi connectivity index (χ1v) is 7.63. The number of rotatable bonds is 10. The molecule has 2 N–H and O–H groups in total. The Morgan fingerprint density at radius 3 is 1.58 bits per heavy atom. The number of hydrogen-bond acceptors (Lipinski definition) is 6. The first-order chi connectivity index (χ1) is 11.7. The number of carbonyl (C=O) groups excluding carboxylic acids is 2. The maximum absolute atomic E-state index is 10.9. The van der Waals surface area contributed by atoms with E-state index in [1.54, 1.807) is 13.8 Å². The van der Waals surface area contributed by atoms with Gasteiger partial charge in [-0.25, -0.2) is 9.59 Å². The highest BCUT2D eigenvalue weighted by atomic mass is 16.6. The smallest absolute Gasteiger partial charge is 0.407 e. The van der Waals surface area contributed by atoms with E-state index in [2.05, 4.69) is 43.8 Å². The van der Waals surface area contributed by atoms with Gasteiger partial charge in [0, 0.05) is 13.1 Å². The van der Waals surface area contributed by atoms with Gasteiger partial charge in [0.2, 0.25) is 0 Å². The fourth-order valence-corrected chi connectivity index (χ4v) is 1.22. The third kappa shape index (κ3) is 16.0. The van der Waals surface area contributed by atoms with Crippen molar-refractivity contribution < 1.29 is 28.5 Å². The Morgan fingerprint density at radius 1 is 0.792 bits per heavy atom. The molecule has 0 aromatic rings. The van der Waals surface area contributed by atoms with Crippen LogP contribution in [0.5, 0.6) is 0 Å². The van der Waals surface area contributed by atoms with E-state index in [-0.39, 0.29) is 13.2 Å². The molecule has 0 rings (SSSR count). The average molecular weight is 340 g/mol. The summed E-state index contributed by atoms with van der Waals surface area (Å²) in [6.07, 6.45) is -0.925. The molecule has 0 aliphatic carbocycles. The minimum absolute atomic E-state index is 0.226. The highest BCUT2D eigenvalue weighted by molar-refractivity contribution is 5.67. The molecule has 8 heteroatoms. The molecule has 0 aromatic carbocycles. The summed E-state index contributed by atoms with van der Waals surface area (Å²) < 4.78 is 19.7. The van der Waals surface area contributed by atoms with E-state index in [1.165, 1.54) is 0 Å². The number of carbonyl (C=O) groups is 2. The molecule has 8 nitrogen and oxygen atoms in total. The van der Waals surface area contributed by atoms with Crippen molar-refractivity contribution in [2.75, 3.05) is 52.7 Å². The van der Waals surface area contributed by atoms with Crippen LogP contribution in [-0.4, -0.2) is 64.9 Å². The van der Waals surface area contributed by atoms with Gasteiger partial charge in [0.05, 0.1) is 26.4 Å². The Hall–Kier alpha value is -2.42. The highest BCUT2D eigenvalue weighted by Crippen LogP contribution is 1.78. The summed E-state index contributed by atoms with van der Waals surface area (Å²) in [7, 11) is 0. The maximum Gasteiger partial charge on any atom is 0.407 e. The molecule has 0 heterocycles. The third-order valence-corrected chi connectivity index (χ3v) is 2.17. The van der Waals surface area contributed by atoms with Gasteiger partial charge in [0.15, 0.2) is 0 Å². The Balaban J connectivity index is 3.43. The fraction of sp³-hybridized carbons (Fsp3) is 0.625. The number of amides is 2. The summed E-state index contributed by atoms with van der Waals surface area (Å²) in [5.41, 5.74) is 0. The van der Waals surface area contributed by atoms with E-state index < -0.39 is 12.2 Å². The van der Waals surface area contributed by atoms with Crippen molar-refractivity contribution in [3.05, 3.63) is 0 Å². The lowest BCUT2D eigenvalue weighted by atomic mass is 10.5. The molecule has 0 spiro atoms. The van der Waals surface area contributed by atoms with Crippen LogP contribution >= 0.6 is 0 Å². The van der Waals surface area contributed by atoms with Crippen molar-refractivity contribution >= 4 is 12.2 Å². The number of ether oxygens (including phenoxy) is 4. The third-order valence-electron chi connectivity index (χ3n) is 2.17. The topological polar surface area (TPSA) is 95.1 Å². The van der Waals surface area contributed by atoms with Crippen LogP contribution < -0.4 is 10.6 Å². The predicted octanol–water partition coefficient (Wildman–Crippen LogP) is 0.519. The summed E-state index contributed by atoms with van der Waals surface area (Å²) in [6.45, 7) is 6.00. The zero-order valence-corrected chi connectivity index (χ0v) is 14.1. The Bertz CT molecular complexity index is 428. The number of nitrogens with one attached hydrogen (secondary N) is 2. The second-order valence-electron chi connectivity index (χ2n) is 4.00. The van der Waals surface area contributed by atoms with E-state index >= 15 is 0 Å². The van der Waals surface area contributed by atoms with Crippen LogP contribution in [0, 0.1) is 23.7 Å². The van der Waals surface area contributed by atoms with Crippen LogP contribution in [0.3, 0.4) is 0 Å². The molecule has 0 fully saturated rings. The summed E-state index contributed by atoms with van der Waals surface area (Å²) in [6, 6.07) is 0. The predicted molar refractivity (Wildman–Crippen MR) is 87.2 cm³/mol. The lowest BCUT2D eigenvalue weighted by molar-refractivity contribution is 0.138. The molecule has 0 saturated heterocycles. The van der Waals surface area contributed by atoms with Gasteiger partial charge in [-0.15, -0.1) is 0 Å².